The third-order valence-corrected chi connectivity index (χ3v) is 6.80. The lowest BCUT2D eigenvalue weighted by Crippen LogP contribution is -2.18. The van der Waals surface area contributed by atoms with Crippen molar-refractivity contribution in [1.82, 2.24) is 24.9 Å². The maximum atomic E-state index is 15.1. The van der Waals surface area contributed by atoms with Gasteiger partial charge in [0, 0.05) is 25.0 Å². The molecule has 0 atom stereocenters. The van der Waals surface area contributed by atoms with Crippen LogP contribution in [-0.4, -0.2) is 59.0 Å². The number of aromatic nitrogens is 5. The number of aryl methyl sites for hydroxylation is 1. The number of nitrogens with one attached hydrogen (secondary N) is 1. The molecule has 0 amide bonds. The van der Waals surface area contributed by atoms with Gasteiger partial charge in [0.1, 0.15) is 5.52 Å². The number of fused-ring (bicyclic) bond motifs is 1. The zero-order chi connectivity index (χ0) is 29.3. The number of alkyl halides is 1. The summed E-state index contributed by atoms with van der Waals surface area (Å²) < 4.78 is 58.7. The Balaban J connectivity index is 0.000000663. The van der Waals surface area contributed by atoms with Gasteiger partial charge in [-0.1, -0.05) is 13.0 Å². The number of pyridine rings is 1. The number of rotatable bonds is 10. The summed E-state index contributed by atoms with van der Waals surface area (Å²) in [6, 6.07) is 7.33. The topological polar surface area (TPSA) is 172 Å². The number of anilines is 3. The lowest BCUT2D eigenvalue weighted by molar-refractivity contribution is 0.148. The third-order valence-electron chi connectivity index (χ3n) is 5.45. The molecule has 0 saturated carbocycles. The van der Waals surface area contributed by atoms with Crippen molar-refractivity contribution in [3.63, 3.8) is 0 Å². The van der Waals surface area contributed by atoms with Gasteiger partial charge in [0.15, 0.2) is 17.5 Å². The van der Waals surface area contributed by atoms with Crippen LogP contribution >= 0.6 is 0 Å². The number of hydrogen-bond donors (Lipinski definition) is 3. The molecule has 0 bridgehead atoms. The molecule has 0 aliphatic heterocycles. The predicted molar refractivity (Wildman–Crippen MR) is 152 cm³/mol. The first-order valence-corrected chi connectivity index (χ1v) is 14.2. The van der Waals surface area contributed by atoms with Crippen LogP contribution in [0.25, 0.3) is 33.7 Å². The van der Waals surface area contributed by atoms with Crippen LogP contribution in [0.5, 0.6) is 0 Å². The number of nitrogens with zero attached hydrogens (tertiary/aromatic N) is 5. The number of ether oxygens (including phenoxy) is 1. The van der Waals surface area contributed by atoms with E-state index < -0.39 is 28.3 Å². The SMILES string of the molecule is CCCOCC.Cc1nc(N)ncc1-c1nc(N)c2nc(-c3cccc(NS(=O)(=O)CCCF)c3F)ccc2n1. The second kappa shape index (κ2) is 13.8. The molecular weight excluding hydrogens is 542 g/mol. The maximum absolute atomic E-state index is 15.1. The van der Waals surface area contributed by atoms with E-state index in [1.54, 1.807) is 13.0 Å². The van der Waals surface area contributed by atoms with Gasteiger partial charge in [-0.3, -0.25) is 9.11 Å². The average Bonchev–Trinajstić information content (AvgIpc) is 2.92. The zero-order valence-electron chi connectivity index (χ0n) is 22.5. The minimum Gasteiger partial charge on any atom is -0.382 e. The highest BCUT2D eigenvalue weighted by Crippen LogP contribution is 2.30. The van der Waals surface area contributed by atoms with E-state index in [0.717, 1.165) is 19.6 Å². The Kier molecular flexibility index (Phi) is 10.6. The molecule has 214 valence electrons. The molecule has 0 spiro atoms. The molecule has 3 aromatic heterocycles. The smallest absolute Gasteiger partial charge is 0.232 e. The van der Waals surface area contributed by atoms with Gasteiger partial charge >= 0.3 is 0 Å². The number of halogens is 2. The summed E-state index contributed by atoms with van der Waals surface area (Å²) in [5.41, 5.74) is 13.5. The van der Waals surface area contributed by atoms with Gasteiger partial charge in [0.2, 0.25) is 16.0 Å². The summed E-state index contributed by atoms with van der Waals surface area (Å²) in [5, 5.41) is 0. The number of hydrogen-bond acceptors (Lipinski definition) is 10. The molecule has 3 heterocycles. The molecule has 0 aliphatic carbocycles. The van der Waals surface area contributed by atoms with Gasteiger partial charge in [-0.2, -0.15) is 0 Å². The van der Waals surface area contributed by atoms with Crippen LogP contribution in [0, 0.1) is 12.7 Å². The van der Waals surface area contributed by atoms with Crippen molar-refractivity contribution in [3.8, 4) is 22.6 Å². The molecule has 40 heavy (non-hydrogen) atoms. The van der Waals surface area contributed by atoms with Crippen molar-refractivity contribution in [2.75, 3.05) is 41.8 Å². The second-order valence-electron chi connectivity index (χ2n) is 8.55. The number of nitrogen functional groups attached to an aromatic ring is 2. The van der Waals surface area contributed by atoms with Crippen molar-refractivity contribution in [2.24, 2.45) is 0 Å². The molecule has 0 aliphatic rings. The highest BCUT2D eigenvalue weighted by Gasteiger charge is 2.18. The standard InChI is InChI=1S/C21H20F2N8O2S.C5H12O/c1-11-13(10-26-21(25)27-11)20-29-16-7-6-14(28-18(16)19(24)30-20)12-4-2-5-15(17(12)23)31-34(32,33)9-3-8-22;1-3-5-6-4-2/h2,4-7,10,31H,3,8-9H2,1H3,(H2,24,29,30)(H2,25,26,27);3-5H2,1-2H3. The van der Waals surface area contributed by atoms with Gasteiger partial charge < -0.3 is 16.2 Å². The first-order valence-electron chi connectivity index (χ1n) is 12.6. The minimum atomic E-state index is -3.91. The van der Waals surface area contributed by atoms with E-state index in [0.29, 0.717) is 16.8 Å². The van der Waals surface area contributed by atoms with E-state index in [2.05, 4.69) is 36.6 Å². The first-order chi connectivity index (χ1) is 19.1. The van der Waals surface area contributed by atoms with Crippen molar-refractivity contribution in [3.05, 3.63) is 48.0 Å². The number of nitrogens with two attached hydrogens (primary N) is 2. The minimum absolute atomic E-state index is 0.0406. The number of benzene rings is 1. The van der Waals surface area contributed by atoms with Crippen molar-refractivity contribution >= 4 is 38.5 Å². The molecule has 0 saturated heterocycles. The summed E-state index contributed by atoms with van der Waals surface area (Å²) in [4.78, 5) is 21.2. The fraction of sp³-hybridized carbons (Fsp3) is 0.346. The quantitative estimate of drug-likeness (QED) is 0.232. The van der Waals surface area contributed by atoms with Crippen LogP contribution in [-0.2, 0) is 14.8 Å². The Labute approximate surface area is 231 Å². The van der Waals surface area contributed by atoms with Crippen LogP contribution < -0.4 is 16.2 Å². The van der Waals surface area contributed by atoms with Gasteiger partial charge in [-0.15, -0.1) is 0 Å². The molecule has 11 nitrogen and oxygen atoms in total. The highest BCUT2D eigenvalue weighted by atomic mass is 32.2. The van der Waals surface area contributed by atoms with E-state index >= 15 is 4.39 Å². The molecule has 0 fully saturated rings. The van der Waals surface area contributed by atoms with Crippen LogP contribution in [0.3, 0.4) is 0 Å². The first kappa shape index (κ1) is 30.5. The fourth-order valence-corrected chi connectivity index (χ4v) is 4.66. The van der Waals surface area contributed by atoms with Crippen LogP contribution in [0.2, 0.25) is 0 Å². The lowest BCUT2D eigenvalue weighted by Gasteiger charge is -2.12. The largest absolute Gasteiger partial charge is 0.382 e. The Bertz CT molecular complexity index is 1570. The Hall–Kier alpha value is -4.04. The maximum Gasteiger partial charge on any atom is 0.232 e. The third kappa shape index (κ3) is 7.76. The number of sulfonamides is 1. The monoisotopic (exact) mass is 574 g/mol. The van der Waals surface area contributed by atoms with Gasteiger partial charge in [-0.05, 0) is 51.0 Å². The van der Waals surface area contributed by atoms with E-state index in [1.165, 1.54) is 30.5 Å². The summed E-state index contributed by atoms with van der Waals surface area (Å²) in [6.07, 6.45) is 2.44. The molecule has 5 N–H and O–H groups in total. The summed E-state index contributed by atoms with van der Waals surface area (Å²) in [7, 11) is -3.91. The van der Waals surface area contributed by atoms with Crippen molar-refractivity contribution in [1.29, 1.82) is 0 Å². The predicted octanol–water partition coefficient (Wildman–Crippen LogP) is 4.29. The molecule has 0 radical (unpaired) electrons. The molecule has 4 aromatic rings. The summed E-state index contributed by atoms with van der Waals surface area (Å²) >= 11 is 0. The Morgan fingerprint density at radius 2 is 1.80 bits per heavy atom. The van der Waals surface area contributed by atoms with E-state index in [9.17, 15) is 12.8 Å². The molecular formula is C26H32F2N8O3S. The molecule has 4 rings (SSSR count). The van der Waals surface area contributed by atoms with Crippen molar-refractivity contribution < 1.29 is 21.9 Å². The van der Waals surface area contributed by atoms with Crippen molar-refractivity contribution in [2.45, 2.75) is 33.6 Å². The van der Waals surface area contributed by atoms with Crippen LogP contribution in [0.1, 0.15) is 32.4 Å². The molecule has 14 heteroatoms. The average molecular weight is 575 g/mol. The summed E-state index contributed by atoms with van der Waals surface area (Å²) in [5.74, 6) is -0.829. The lowest BCUT2D eigenvalue weighted by atomic mass is 10.1. The van der Waals surface area contributed by atoms with Crippen LogP contribution in [0.4, 0.5) is 26.2 Å². The van der Waals surface area contributed by atoms with E-state index in [1.807, 2.05) is 6.92 Å². The highest BCUT2D eigenvalue weighted by molar-refractivity contribution is 7.92. The van der Waals surface area contributed by atoms with Gasteiger partial charge in [0.25, 0.3) is 0 Å². The van der Waals surface area contributed by atoms with E-state index in [4.69, 9.17) is 16.2 Å². The Morgan fingerprint density at radius 3 is 2.45 bits per heavy atom. The second-order valence-corrected chi connectivity index (χ2v) is 10.4. The fourth-order valence-electron chi connectivity index (χ4n) is 3.57. The zero-order valence-corrected chi connectivity index (χ0v) is 23.3. The molecule has 1 aromatic carbocycles. The normalized spacial score (nSPS) is 11.2. The van der Waals surface area contributed by atoms with E-state index in [-0.39, 0.29) is 46.5 Å². The molecule has 0 unspecified atom stereocenters. The Morgan fingerprint density at radius 1 is 1.02 bits per heavy atom. The van der Waals surface area contributed by atoms with Crippen LogP contribution in [0.15, 0.2) is 36.5 Å². The van der Waals surface area contributed by atoms with Gasteiger partial charge in [-0.25, -0.2) is 37.7 Å². The summed E-state index contributed by atoms with van der Waals surface area (Å²) in [6.45, 7) is 6.83. The van der Waals surface area contributed by atoms with Gasteiger partial charge in [0.05, 0.1) is 40.6 Å².